The van der Waals surface area contributed by atoms with Crippen molar-refractivity contribution in [3.63, 3.8) is 0 Å². The Labute approximate surface area is 129 Å². The minimum Gasteiger partial charge on any atom is -0.497 e. The van der Waals surface area contributed by atoms with Crippen LogP contribution >= 0.6 is 11.5 Å². The molecule has 0 fully saturated rings. The fourth-order valence-corrected chi connectivity index (χ4v) is 2.75. The molecule has 1 unspecified atom stereocenters. The first kappa shape index (κ1) is 15.9. The predicted octanol–water partition coefficient (Wildman–Crippen LogP) is 2.27. The summed E-state index contributed by atoms with van der Waals surface area (Å²) in [7, 11) is 1.66. The zero-order valence-corrected chi connectivity index (χ0v) is 13.1. The van der Waals surface area contributed by atoms with Crippen molar-refractivity contribution in [1.29, 1.82) is 0 Å². The van der Waals surface area contributed by atoms with Crippen LogP contribution < -0.4 is 16.2 Å². The Morgan fingerprint density at radius 3 is 2.67 bits per heavy atom. The molecule has 2 aromatic rings. The molecule has 0 saturated heterocycles. The largest absolute Gasteiger partial charge is 0.497 e. The lowest BCUT2D eigenvalue weighted by molar-refractivity contribution is 0.414. The van der Waals surface area contributed by atoms with Crippen molar-refractivity contribution < 1.29 is 4.74 Å². The first-order valence-electron chi connectivity index (χ1n) is 7.14. The number of rotatable bonds is 8. The summed E-state index contributed by atoms with van der Waals surface area (Å²) in [6, 6.07) is 7.92. The molecule has 0 aliphatic heterocycles. The number of hydrogen-bond donors (Lipinski definition) is 2. The van der Waals surface area contributed by atoms with Gasteiger partial charge in [0.2, 0.25) is 0 Å². The highest BCUT2D eigenvalue weighted by molar-refractivity contribution is 7.05. The van der Waals surface area contributed by atoms with E-state index in [0.29, 0.717) is 6.54 Å². The third-order valence-corrected chi connectivity index (χ3v) is 4.17. The Kier molecular flexibility index (Phi) is 6.10. The SMILES string of the molecule is COc1ccc(Cc2nsc(C(N)CCCCN)n2)cc1. The topological polar surface area (TPSA) is 87.0 Å². The van der Waals surface area contributed by atoms with Crippen molar-refractivity contribution in [2.24, 2.45) is 11.5 Å². The zero-order chi connectivity index (χ0) is 15.1. The number of aromatic nitrogens is 2. The van der Waals surface area contributed by atoms with Gasteiger partial charge in [0.15, 0.2) is 0 Å². The molecule has 4 N–H and O–H groups in total. The number of ether oxygens (including phenoxy) is 1. The highest BCUT2D eigenvalue weighted by atomic mass is 32.1. The van der Waals surface area contributed by atoms with Crippen LogP contribution in [0, 0.1) is 0 Å². The fourth-order valence-electron chi connectivity index (χ4n) is 2.05. The molecule has 0 saturated carbocycles. The van der Waals surface area contributed by atoms with Crippen LogP contribution in [0.4, 0.5) is 0 Å². The van der Waals surface area contributed by atoms with E-state index in [9.17, 15) is 0 Å². The van der Waals surface area contributed by atoms with Crippen LogP contribution in [0.1, 0.15) is 41.7 Å². The Balaban J connectivity index is 1.92. The van der Waals surface area contributed by atoms with E-state index >= 15 is 0 Å². The highest BCUT2D eigenvalue weighted by Gasteiger charge is 2.12. The molecule has 1 aromatic carbocycles. The molecule has 114 valence electrons. The number of nitrogens with two attached hydrogens (primary N) is 2. The predicted molar refractivity (Wildman–Crippen MR) is 85.5 cm³/mol. The summed E-state index contributed by atoms with van der Waals surface area (Å²) < 4.78 is 9.55. The van der Waals surface area contributed by atoms with E-state index in [0.717, 1.165) is 47.8 Å². The third-order valence-electron chi connectivity index (χ3n) is 3.29. The molecule has 1 heterocycles. The van der Waals surface area contributed by atoms with Crippen molar-refractivity contribution in [3.05, 3.63) is 40.7 Å². The molecule has 0 bridgehead atoms. The molecular weight excluding hydrogens is 284 g/mol. The molecular formula is C15H22N4OS. The lowest BCUT2D eigenvalue weighted by atomic mass is 10.1. The van der Waals surface area contributed by atoms with Crippen molar-refractivity contribution >= 4 is 11.5 Å². The summed E-state index contributed by atoms with van der Waals surface area (Å²) in [4.78, 5) is 4.55. The minimum atomic E-state index is -0.0290. The summed E-state index contributed by atoms with van der Waals surface area (Å²) in [6.07, 6.45) is 3.67. The van der Waals surface area contributed by atoms with E-state index in [4.69, 9.17) is 16.2 Å². The summed E-state index contributed by atoms with van der Waals surface area (Å²) >= 11 is 1.40. The Morgan fingerprint density at radius 1 is 1.24 bits per heavy atom. The molecule has 5 nitrogen and oxygen atoms in total. The van der Waals surface area contributed by atoms with E-state index in [1.54, 1.807) is 7.11 Å². The van der Waals surface area contributed by atoms with Gasteiger partial charge in [-0.3, -0.25) is 0 Å². The zero-order valence-electron chi connectivity index (χ0n) is 12.3. The smallest absolute Gasteiger partial charge is 0.147 e. The second-order valence-corrected chi connectivity index (χ2v) is 5.75. The first-order chi connectivity index (χ1) is 10.2. The van der Waals surface area contributed by atoms with Gasteiger partial charge in [-0.15, -0.1) is 0 Å². The molecule has 0 amide bonds. The van der Waals surface area contributed by atoms with Gasteiger partial charge in [-0.1, -0.05) is 18.6 Å². The molecule has 0 spiro atoms. The van der Waals surface area contributed by atoms with Gasteiger partial charge in [-0.25, -0.2) is 4.98 Å². The summed E-state index contributed by atoms with van der Waals surface area (Å²) in [6.45, 7) is 0.714. The Hall–Kier alpha value is -1.50. The van der Waals surface area contributed by atoms with Crippen LogP contribution in [0.15, 0.2) is 24.3 Å². The number of benzene rings is 1. The molecule has 21 heavy (non-hydrogen) atoms. The second-order valence-electron chi connectivity index (χ2n) is 4.96. The van der Waals surface area contributed by atoms with Gasteiger partial charge >= 0.3 is 0 Å². The number of methoxy groups -OCH3 is 1. The van der Waals surface area contributed by atoms with E-state index in [1.807, 2.05) is 24.3 Å². The van der Waals surface area contributed by atoms with Crippen molar-refractivity contribution in [3.8, 4) is 5.75 Å². The van der Waals surface area contributed by atoms with Crippen LogP contribution in [-0.2, 0) is 6.42 Å². The van der Waals surface area contributed by atoms with Gasteiger partial charge in [-0.05, 0) is 48.6 Å². The Bertz CT molecular complexity index is 541. The number of unbranched alkanes of at least 4 members (excludes halogenated alkanes) is 1. The highest BCUT2D eigenvalue weighted by Crippen LogP contribution is 2.20. The fraction of sp³-hybridized carbons (Fsp3) is 0.467. The van der Waals surface area contributed by atoms with E-state index in [2.05, 4.69) is 9.36 Å². The van der Waals surface area contributed by atoms with Gasteiger partial charge in [0.25, 0.3) is 0 Å². The standard InChI is InChI=1S/C15H22N4OS/c1-20-12-7-5-11(6-8-12)10-14-18-15(21-19-14)13(17)4-2-3-9-16/h5-8,13H,2-4,9-10,16-17H2,1H3. The quantitative estimate of drug-likeness (QED) is 0.731. The first-order valence-corrected chi connectivity index (χ1v) is 7.91. The van der Waals surface area contributed by atoms with E-state index in [-0.39, 0.29) is 6.04 Å². The summed E-state index contributed by atoms with van der Waals surface area (Å²) in [5, 5.41) is 0.913. The second kappa shape index (κ2) is 8.07. The molecule has 0 radical (unpaired) electrons. The van der Waals surface area contributed by atoms with Crippen LogP contribution in [0.5, 0.6) is 5.75 Å². The van der Waals surface area contributed by atoms with Crippen LogP contribution in [0.25, 0.3) is 0 Å². The third kappa shape index (κ3) is 4.77. The summed E-state index contributed by atoms with van der Waals surface area (Å²) in [5.41, 5.74) is 12.8. The van der Waals surface area contributed by atoms with Gasteiger partial charge < -0.3 is 16.2 Å². The average Bonchev–Trinajstić information content (AvgIpc) is 2.97. The lowest BCUT2D eigenvalue weighted by Crippen LogP contribution is -2.11. The number of nitrogens with zero attached hydrogens (tertiary/aromatic N) is 2. The normalized spacial score (nSPS) is 12.3. The van der Waals surface area contributed by atoms with Crippen LogP contribution in [0.3, 0.4) is 0 Å². The molecule has 6 heteroatoms. The van der Waals surface area contributed by atoms with Gasteiger partial charge in [0.1, 0.15) is 16.6 Å². The van der Waals surface area contributed by atoms with E-state index < -0.39 is 0 Å². The lowest BCUT2D eigenvalue weighted by Gasteiger charge is -2.06. The van der Waals surface area contributed by atoms with Crippen LogP contribution in [-0.4, -0.2) is 23.0 Å². The van der Waals surface area contributed by atoms with Gasteiger partial charge in [0.05, 0.1) is 13.2 Å². The number of hydrogen-bond acceptors (Lipinski definition) is 6. The maximum absolute atomic E-state index is 6.13. The molecule has 0 aliphatic rings. The molecule has 1 atom stereocenters. The van der Waals surface area contributed by atoms with Crippen molar-refractivity contribution in [1.82, 2.24) is 9.36 Å². The van der Waals surface area contributed by atoms with E-state index in [1.165, 1.54) is 11.5 Å². The molecule has 2 rings (SSSR count). The maximum Gasteiger partial charge on any atom is 0.147 e. The minimum absolute atomic E-state index is 0.0290. The van der Waals surface area contributed by atoms with Gasteiger partial charge in [0, 0.05) is 6.42 Å². The Morgan fingerprint density at radius 2 is 2.00 bits per heavy atom. The monoisotopic (exact) mass is 306 g/mol. The average molecular weight is 306 g/mol. The van der Waals surface area contributed by atoms with Gasteiger partial charge in [-0.2, -0.15) is 4.37 Å². The molecule has 1 aromatic heterocycles. The molecule has 0 aliphatic carbocycles. The maximum atomic E-state index is 6.13. The van der Waals surface area contributed by atoms with Crippen LogP contribution in [0.2, 0.25) is 0 Å². The van der Waals surface area contributed by atoms with Crippen molar-refractivity contribution in [2.45, 2.75) is 31.7 Å². The summed E-state index contributed by atoms with van der Waals surface area (Å²) in [5.74, 6) is 1.68. The van der Waals surface area contributed by atoms with Crippen molar-refractivity contribution in [2.75, 3.05) is 13.7 Å².